The quantitative estimate of drug-likeness (QED) is 0.319. The molecule has 4 nitrogen and oxygen atoms in total. The second kappa shape index (κ2) is 9.01. The fourth-order valence-electron chi connectivity index (χ4n) is 4.31. The molecule has 4 aromatic carbocycles. The molecule has 0 amide bonds. The number of nitrogens with two attached hydrogens (primary N) is 1. The Morgan fingerprint density at radius 1 is 0.794 bits per heavy atom. The maximum Gasteiger partial charge on any atom is 0.167 e. The molecule has 0 saturated carbocycles. The van der Waals surface area contributed by atoms with E-state index in [0.717, 1.165) is 21.9 Å². The Balaban J connectivity index is 1.79. The number of anilines is 1. The van der Waals surface area contributed by atoms with Crippen LogP contribution in [0.15, 0.2) is 103 Å². The molecule has 162 valence electrons. The lowest BCUT2D eigenvalue weighted by atomic mass is 9.87. The van der Waals surface area contributed by atoms with E-state index >= 15 is 0 Å². The summed E-state index contributed by atoms with van der Waals surface area (Å²) in [5, 5.41) is 12.2. The van der Waals surface area contributed by atoms with E-state index in [-0.39, 0.29) is 23.6 Å². The molecule has 1 heterocycles. The molecule has 1 aromatic heterocycles. The predicted molar refractivity (Wildman–Crippen MR) is 136 cm³/mol. The molecule has 0 bridgehead atoms. The predicted octanol–water partition coefficient (Wildman–Crippen LogP) is 6.45. The Labute approximate surface area is 197 Å². The number of hydrogen-bond donors (Lipinski definition) is 1. The third-order valence-corrected chi connectivity index (χ3v) is 5.96. The number of hydrogen-bond acceptors (Lipinski definition) is 4. The maximum atomic E-state index is 13.3. The second-order valence-corrected chi connectivity index (χ2v) is 8.08. The highest BCUT2D eigenvalue weighted by Crippen LogP contribution is 2.38. The Hall–Kier alpha value is -4.75. The van der Waals surface area contributed by atoms with Crippen LogP contribution in [0.3, 0.4) is 0 Å². The van der Waals surface area contributed by atoms with Gasteiger partial charge < -0.3 is 5.73 Å². The Bertz CT molecular complexity index is 1550. The van der Waals surface area contributed by atoms with Gasteiger partial charge in [-0.05, 0) is 28.0 Å². The van der Waals surface area contributed by atoms with Crippen LogP contribution in [0.2, 0.25) is 0 Å². The van der Waals surface area contributed by atoms with Crippen LogP contribution in [0, 0.1) is 11.3 Å². The highest BCUT2D eigenvalue weighted by molar-refractivity contribution is 6.01. The van der Waals surface area contributed by atoms with Crippen LogP contribution in [-0.4, -0.2) is 10.8 Å². The number of rotatable bonds is 5. The number of aromatic nitrogens is 1. The van der Waals surface area contributed by atoms with Gasteiger partial charge in [0.2, 0.25) is 0 Å². The summed E-state index contributed by atoms with van der Waals surface area (Å²) in [6, 6.07) is 35.1. The lowest BCUT2D eigenvalue weighted by Crippen LogP contribution is -2.11. The van der Waals surface area contributed by atoms with Gasteiger partial charge in [-0.1, -0.05) is 97.1 Å². The van der Waals surface area contributed by atoms with Gasteiger partial charge in [-0.2, -0.15) is 5.26 Å². The number of carbonyl (C=O) groups excluding carboxylic acids is 1. The van der Waals surface area contributed by atoms with Gasteiger partial charge in [0.25, 0.3) is 0 Å². The number of nitrogens with zero attached hydrogens (tertiary/aromatic N) is 2. The molecule has 0 aliphatic heterocycles. The average Bonchev–Trinajstić information content (AvgIpc) is 2.89. The lowest BCUT2D eigenvalue weighted by molar-refractivity contribution is 0.0993. The van der Waals surface area contributed by atoms with Gasteiger partial charge in [0.1, 0.15) is 17.5 Å². The highest BCUT2D eigenvalue weighted by Gasteiger charge is 2.23. The van der Waals surface area contributed by atoms with E-state index in [0.29, 0.717) is 22.4 Å². The van der Waals surface area contributed by atoms with Crippen molar-refractivity contribution in [2.75, 3.05) is 5.73 Å². The summed E-state index contributed by atoms with van der Waals surface area (Å²) in [5.41, 5.74) is 10.8. The van der Waals surface area contributed by atoms with Crippen LogP contribution in [0.5, 0.6) is 0 Å². The molecular weight excluding hydrogens is 418 g/mol. The molecule has 4 heteroatoms. The van der Waals surface area contributed by atoms with Crippen molar-refractivity contribution in [1.82, 2.24) is 4.98 Å². The van der Waals surface area contributed by atoms with Crippen molar-refractivity contribution in [1.29, 1.82) is 5.26 Å². The molecular formula is C30H21N3O. The fourth-order valence-corrected chi connectivity index (χ4v) is 4.31. The SMILES string of the molecule is N#Cc1c(N)nc(-c2ccccc2)c(CC(=O)c2ccccc2)c1-c1ccc2ccccc2c1. The van der Waals surface area contributed by atoms with Crippen LogP contribution in [0.1, 0.15) is 21.5 Å². The monoisotopic (exact) mass is 439 g/mol. The topological polar surface area (TPSA) is 79.8 Å². The van der Waals surface area contributed by atoms with E-state index in [1.807, 2.05) is 91.0 Å². The summed E-state index contributed by atoms with van der Waals surface area (Å²) in [5.74, 6) is 0.107. The van der Waals surface area contributed by atoms with Gasteiger partial charge in [-0.25, -0.2) is 4.98 Å². The summed E-state index contributed by atoms with van der Waals surface area (Å²) >= 11 is 0. The first-order chi connectivity index (χ1) is 16.7. The molecule has 0 aliphatic rings. The molecule has 0 unspecified atom stereocenters. The zero-order chi connectivity index (χ0) is 23.5. The van der Waals surface area contributed by atoms with Gasteiger partial charge >= 0.3 is 0 Å². The van der Waals surface area contributed by atoms with E-state index in [1.54, 1.807) is 12.1 Å². The molecule has 2 N–H and O–H groups in total. The van der Waals surface area contributed by atoms with Gasteiger partial charge in [0, 0.05) is 23.1 Å². The third kappa shape index (κ3) is 3.92. The van der Waals surface area contributed by atoms with E-state index in [9.17, 15) is 10.1 Å². The summed E-state index contributed by atoms with van der Waals surface area (Å²) in [4.78, 5) is 17.9. The number of carbonyl (C=O) groups is 1. The summed E-state index contributed by atoms with van der Waals surface area (Å²) in [7, 11) is 0. The van der Waals surface area contributed by atoms with Crippen molar-refractivity contribution in [2.24, 2.45) is 0 Å². The number of benzene rings is 4. The van der Waals surface area contributed by atoms with Crippen LogP contribution >= 0.6 is 0 Å². The second-order valence-electron chi connectivity index (χ2n) is 8.08. The van der Waals surface area contributed by atoms with Crippen LogP contribution in [-0.2, 0) is 6.42 Å². The molecule has 5 rings (SSSR count). The fraction of sp³-hybridized carbons (Fsp3) is 0.0333. The number of nitrogen functional groups attached to an aromatic ring is 1. The third-order valence-electron chi connectivity index (χ3n) is 5.96. The van der Waals surface area contributed by atoms with Crippen molar-refractivity contribution in [3.05, 3.63) is 120 Å². The normalized spacial score (nSPS) is 10.7. The van der Waals surface area contributed by atoms with Crippen LogP contribution in [0.4, 0.5) is 5.82 Å². The Kier molecular flexibility index (Phi) is 5.60. The number of ketones is 1. The molecule has 34 heavy (non-hydrogen) atoms. The van der Waals surface area contributed by atoms with Crippen LogP contribution < -0.4 is 5.73 Å². The molecule has 0 saturated heterocycles. The standard InChI is InChI=1S/C30H21N3O/c31-19-26-28(24-16-15-20-9-7-8-14-23(20)17-24)25(18-27(34)21-10-3-1-4-11-21)29(33-30(26)32)22-12-5-2-6-13-22/h1-17H,18H2,(H2,32,33). The average molecular weight is 440 g/mol. The molecule has 0 fully saturated rings. The van der Waals surface area contributed by atoms with Crippen molar-refractivity contribution in [2.45, 2.75) is 6.42 Å². The van der Waals surface area contributed by atoms with Crippen LogP contribution in [0.25, 0.3) is 33.2 Å². The molecule has 0 radical (unpaired) electrons. The van der Waals surface area contributed by atoms with E-state index in [4.69, 9.17) is 5.73 Å². The largest absolute Gasteiger partial charge is 0.383 e. The zero-order valence-electron chi connectivity index (χ0n) is 18.4. The van der Waals surface area contributed by atoms with E-state index in [1.165, 1.54) is 0 Å². The molecule has 0 atom stereocenters. The van der Waals surface area contributed by atoms with Crippen molar-refractivity contribution < 1.29 is 4.79 Å². The molecule has 0 aliphatic carbocycles. The number of fused-ring (bicyclic) bond motifs is 1. The minimum absolute atomic E-state index is 0.0460. The first-order valence-corrected chi connectivity index (χ1v) is 11.0. The van der Waals surface area contributed by atoms with Gasteiger partial charge in [0.05, 0.1) is 5.69 Å². The molecule has 5 aromatic rings. The van der Waals surface area contributed by atoms with Gasteiger partial charge in [0.15, 0.2) is 5.78 Å². The van der Waals surface area contributed by atoms with Crippen molar-refractivity contribution >= 4 is 22.4 Å². The summed E-state index contributed by atoms with van der Waals surface area (Å²) in [6.07, 6.45) is 0.0956. The number of nitriles is 1. The highest BCUT2D eigenvalue weighted by atomic mass is 16.1. The van der Waals surface area contributed by atoms with Gasteiger partial charge in [-0.3, -0.25) is 4.79 Å². The smallest absolute Gasteiger partial charge is 0.167 e. The lowest BCUT2D eigenvalue weighted by Gasteiger charge is -2.18. The number of Topliss-reactive ketones (excluding diaryl/α,β-unsaturated/α-hetero) is 1. The van der Waals surface area contributed by atoms with Crippen molar-refractivity contribution in [3.8, 4) is 28.5 Å². The number of pyridine rings is 1. The minimum atomic E-state index is -0.0460. The minimum Gasteiger partial charge on any atom is -0.383 e. The van der Waals surface area contributed by atoms with E-state index < -0.39 is 0 Å². The zero-order valence-corrected chi connectivity index (χ0v) is 18.4. The van der Waals surface area contributed by atoms with E-state index in [2.05, 4.69) is 11.1 Å². The summed E-state index contributed by atoms with van der Waals surface area (Å²) < 4.78 is 0. The maximum absolute atomic E-state index is 13.3. The first-order valence-electron chi connectivity index (χ1n) is 11.0. The summed E-state index contributed by atoms with van der Waals surface area (Å²) in [6.45, 7) is 0. The van der Waals surface area contributed by atoms with Gasteiger partial charge in [-0.15, -0.1) is 0 Å². The Morgan fingerprint density at radius 2 is 1.44 bits per heavy atom. The first kappa shape index (κ1) is 21.1. The molecule has 0 spiro atoms. The Morgan fingerprint density at radius 3 is 2.15 bits per heavy atom. The van der Waals surface area contributed by atoms with Crippen molar-refractivity contribution in [3.63, 3.8) is 0 Å².